The van der Waals surface area contributed by atoms with Crippen molar-refractivity contribution < 1.29 is 9.53 Å². The Hall–Kier alpha value is -2.31. The predicted octanol–water partition coefficient (Wildman–Crippen LogP) is 5.73. The van der Waals surface area contributed by atoms with Gasteiger partial charge in [0.25, 0.3) is 0 Å². The number of fused-ring (bicyclic) bond motifs is 4. The van der Waals surface area contributed by atoms with E-state index in [0.29, 0.717) is 12.3 Å². The number of nitrogens with one attached hydrogen (secondary N) is 2. The molecule has 166 valence electrons. The fourth-order valence-corrected chi connectivity index (χ4v) is 6.10. The van der Waals surface area contributed by atoms with E-state index in [9.17, 15) is 4.79 Å². The lowest BCUT2D eigenvalue weighted by molar-refractivity contribution is -0.131. The van der Waals surface area contributed by atoms with Gasteiger partial charge in [-0.05, 0) is 55.5 Å². The Labute approximate surface area is 196 Å². The molecular weight excluding hydrogens is 466 g/mol. The molecule has 0 spiro atoms. The summed E-state index contributed by atoms with van der Waals surface area (Å²) in [6.45, 7) is 2.58. The third kappa shape index (κ3) is 3.54. The molecule has 6 heteroatoms. The zero-order chi connectivity index (χ0) is 21.7. The third-order valence-electron chi connectivity index (χ3n) is 7.37. The van der Waals surface area contributed by atoms with Gasteiger partial charge >= 0.3 is 0 Å². The number of hydrogen-bond acceptors (Lipinski definition) is 3. The summed E-state index contributed by atoms with van der Waals surface area (Å²) in [4.78, 5) is 18.3. The Morgan fingerprint density at radius 1 is 1.09 bits per heavy atom. The van der Waals surface area contributed by atoms with Gasteiger partial charge in [0.2, 0.25) is 5.91 Å². The number of H-pyrrole nitrogens is 1. The van der Waals surface area contributed by atoms with Crippen LogP contribution in [-0.4, -0.2) is 35.5 Å². The van der Waals surface area contributed by atoms with Crippen LogP contribution < -0.4 is 5.32 Å². The molecule has 5 nitrogen and oxygen atoms in total. The molecule has 3 atom stereocenters. The number of anilines is 1. The summed E-state index contributed by atoms with van der Waals surface area (Å²) in [5.41, 5.74) is 5.85. The van der Waals surface area contributed by atoms with Crippen LogP contribution in [0, 0.1) is 5.92 Å². The first-order chi connectivity index (χ1) is 15.7. The van der Waals surface area contributed by atoms with Crippen LogP contribution in [0.15, 0.2) is 47.1 Å². The Kier molecular flexibility index (Phi) is 5.22. The molecular formula is C26H28BrN3O2. The van der Waals surface area contributed by atoms with E-state index < -0.39 is 0 Å². The van der Waals surface area contributed by atoms with Crippen molar-refractivity contribution in [2.75, 3.05) is 25.0 Å². The lowest BCUT2D eigenvalue weighted by atomic mass is 9.80. The molecule has 2 saturated heterocycles. The fourth-order valence-electron chi connectivity index (χ4n) is 5.74. The van der Waals surface area contributed by atoms with Crippen LogP contribution in [0.1, 0.15) is 54.5 Å². The number of aromatic amines is 1. The number of hydrogen-bond donors (Lipinski definition) is 2. The molecule has 1 amide bonds. The third-order valence-corrected chi connectivity index (χ3v) is 7.87. The monoisotopic (exact) mass is 493 g/mol. The van der Waals surface area contributed by atoms with Crippen molar-refractivity contribution in [2.45, 2.75) is 44.2 Å². The first-order valence-electron chi connectivity index (χ1n) is 11.7. The van der Waals surface area contributed by atoms with Gasteiger partial charge in [-0.1, -0.05) is 28.1 Å². The van der Waals surface area contributed by atoms with Crippen LogP contribution in [0.3, 0.4) is 0 Å². The molecule has 2 fully saturated rings. The Morgan fingerprint density at radius 2 is 1.97 bits per heavy atom. The van der Waals surface area contributed by atoms with Gasteiger partial charge in [0, 0.05) is 64.0 Å². The highest BCUT2D eigenvalue weighted by Crippen LogP contribution is 2.51. The van der Waals surface area contributed by atoms with Crippen LogP contribution >= 0.6 is 15.9 Å². The van der Waals surface area contributed by atoms with Gasteiger partial charge in [-0.2, -0.15) is 0 Å². The Bertz CT molecular complexity index is 1170. The summed E-state index contributed by atoms with van der Waals surface area (Å²) in [6.07, 6.45) is 7.21. The van der Waals surface area contributed by atoms with Gasteiger partial charge in [0.05, 0.1) is 18.6 Å². The molecule has 2 aromatic carbocycles. The molecule has 3 unspecified atom stereocenters. The average Bonchev–Trinajstić information content (AvgIpc) is 3.47. The van der Waals surface area contributed by atoms with E-state index in [1.165, 1.54) is 22.9 Å². The van der Waals surface area contributed by atoms with Crippen molar-refractivity contribution in [1.29, 1.82) is 0 Å². The smallest absolute Gasteiger partial charge is 0.226 e. The van der Waals surface area contributed by atoms with Crippen molar-refractivity contribution in [3.05, 3.63) is 63.8 Å². The number of piperidine rings is 1. The quantitative estimate of drug-likeness (QED) is 0.489. The van der Waals surface area contributed by atoms with Crippen LogP contribution in [0.25, 0.3) is 10.9 Å². The summed E-state index contributed by atoms with van der Waals surface area (Å²) >= 11 is 3.62. The second-order valence-electron chi connectivity index (χ2n) is 9.34. The second-order valence-corrected chi connectivity index (χ2v) is 10.3. The standard InChI is InChI=1S/C26H28BrN3O2/c27-17-5-7-22-19(14-17)21(15-28-22)25-18-8-11-32-26(18)20-12-16(4-6-23(20)29-25)13-24(31)30-9-2-1-3-10-30/h4-7,12,14-15,18,25-26,28-29H,1-3,8-11,13H2. The maximum absolute atomic E-state index is 12.8. The molecule has 0 bridgehead atoms. The van der Waals surface area contributed by atoms with Gasteiger partial charge in [-0.3, -0.25) is 4.79 Å². The van der Waals surface area contributed by atoms with Crippen molar-refractivity contribution in [2.24, 2.45) is 5.92 Å². The highest BCUT2D eigenvalue weighted by Gasteiger charge is 2.42. The lowest BCUT2D eigenvalue weighted by Crippen LogP contribution is -2.36. The molecule has 32 heavy (non-hydrogen) atoms. The van der Waals surface area contributed by atoms with Crippen LogP contribution in [0.5, 0.6) is 0 Å². The van der Waals surface area contributed by atoms with E-state index >= 15 is 0 Å². The zero-order valence-electron chi connectivity index (χ0n) is 18.1. The van der Waals surface area contributed by atoms with E-state index in [2.05, 4.69) is 68.8 Å². The number of rotatable bonds is 3. The van der Waals surface area contributed by atoms with Gasteiger partial charge in [0.1, 0.15) is 0 Å². The molecule has 1 aromatic heterocycles. The van der Waals surface area contributed by atoms with E-state index in [0.717, 1.165) is 60.2 Å². The van der Waals surface area contributed by atoms with Crippen LogP contribution in [0.4, 0.5) is 5.69 Å². The highest BCUT2D eigenvalue weighted by atomic mass is 79.9. The Morgan fingerprint density at radius 3 is 2.84 bits per heavy atom. The van der Waals surface area contributed by atoms with Crippen molar-refractivity contribution in [3.63, 3.8) is 0 Å². The summed E-state index contributed by atoms with van der Waals surface area (Å²) in [5, 5.41) is 5.06. The summed E-state index contributed by atoms with van der Waals surface area (Å²) in [7, 11) is 0. The molecule has 4 heterocycles. The van der Waals surface area contributed by atoms with Gasteiger partial charge < -0.3 is 19.9 Å². The number of nitrogens with zero attached hydrogens (tertiary/aromatic N) is 1. The summed E-state index contributed by atoms with van der Waals surface area (Å²) < 4.78 is 7.36. The number of ether oxygens (including phenoxy) is 1. The first kappa shape index (κ1) is 20.3. The SMILES string of the molecule is O=C(Cc1ccc2c(c1)C1OCCC1C(c1c[nH]c3ccc(Br)cc13)N2)N1CCCCC1. The zero-order valence-corrected chi connectivity index (χ0v) is 19.7. The molecule has 3 aromatic rings. The predicted molar refractivity (Wildman–Crippen MR) is 130 cm³/mol. The molecule has 6 rings (SSSR count). The number of carbonyl (C=O) groups excluding carboxylic acids is 1. The maximum Gasteiger partial charge on any atom is 0.226 e. The largest absolute Gasteiger partial charge is 0.377 e. The first-order valence-corrected chi connectivity index (χ1v) is 12.5. The molecule has 0 radical (unpaired) electrons. The van der Waals surface area contributed by atoms with E-state index in [4.69, 9.17) is 4.74 Å². The molecule has 0 aliphatic carbocycles. The number of likely N-dealkylation sites (tertiary alicyclic amines) is 1. The summed E-state index contributed by atoms with van der Waals surface area (Å²) in [6, 6.07) is 13.0. The minimum absolute atomic E-state index is 0.0680. The maximum atomic E-state index is 12.8. The number of halogens is 1. The minimum atomic E-state index is 0.0680. The Balaban J connectivity index is 1.30. The number of benzene rings is 2. The van der Waals surface area contributed by atoms with Crippen molar-refractivity contribution in [1.82, 2.24) is 9.88 Å². The fraction of sp³-hybridized carbons (Fsp3) is 0.423. The van der Waals surface area contributed by atoms with Gasteiger partial charge in [-0.25, -0.2) is 0 Å². The molecule has 3 aliphatic heterocycles. The lowest BCUT2D eigenvalue weighted by Gasteiger charge is -2.36. The topological polar surface area (TPSA) is 57.4 Å². The number of amides is 1. The molecule has 2 N–H and O–H groups in total. The number of aromatic nitrogens is 1. The van der Waals surface area contributed by atoms with Crippen molar-refractivity contribution >= 4 is 38.4 Å². The number of carbonyl (C=O) groups is 1. The highest BCUT2D eigenvalue weighted by molar-refractivity contribution is 9.10. The van der Waals surface area contributed by atoms with Gasteiger partial charge in [0.15, 0.2) is 0 Å². The van der Waals surface area contributed by atoms with Crippen molar-refractivity contribution in [3.8, 4) is 0 Å². The van der Waals surface area contributed by atoms with E-state index in [1.54, 1.807) is 0 Å². The van der Waals surface area contributed by atoms with Gasteiger partial charge in [-0.15, -0.1) is 0 Å². The normalized spacial score (nSPS) is 24.8. The van der Waals surface area contributed by atoms with E-state index in [-0.39, 0.29) is 18.1 Å². The molecule has 0 saturated carbocycles. The second kappa shape index (κ2) is 8.23. The summed E-state index contributed by atoms with van der Waals surface area (Å²) in [5.74, 6) is 0.619. The molecule has 3 aliphatic rings. The van der Waals surface area contributed by atoms with E-state index in [1.807, 2.05) is 4.90 Å². The van der Waals surface area contributed by atoms with Crippen LogP contribution in [0.2, 0.25) is 0 Å². The average molecular weight is 494 g/mol. The van der Waals surface area contributed by atoms with Crippen LogP contribution in [-0.2, 0) is 16.0 Å². The minimum Gasteiger partial charge on any atom is -0.377 e.